The summed E-state index contributed by atoms with van der Waals surface area (Å²) >= 11 is 1.37. The number of fused-ring (bicyclic) bond motifs is 2. The molecule has 0 bridgehead atoms. The molecule has 0 aliphatic heterocycles. The lowest BCUT2D eigenvalue weighted by atomic mass is 10.1. The van der Waals surface area contributed by atoms with E-state index in [9.17, 15) is 9.59 Å². The molecule has 1 aromatic carbocycles. The lowest BCUT2D eigenvalue weighted by molar-refractivity contribution is 0.0523. The maximum atomic E-state index is 14.0. The highest BCUT2D eigenvalue weighted by Crippen LogP contribution is 2.31. The first-order chi connectivity index (χ1) is 19.2. The number of carbonyl (C=O) groups is 1. The van der Waals surface area contributed by atoms with Crippen LogP contribution in [0.4, 0.5) is 0 Å². The Bertz CT molecular complexity index is 1840. The maximum absolute atomic E-state index is 14.0. The molecule has 8 nitrogen and oxygen atoms in total. The van der Waals surface area contributed by atoms with Crippen molar-refractivity contribution in [1.82, 2.24) is 18.9 Å². The number of nitrogens with zero attached hydrogens (tertiary/aromatic N) is 4. The van der Waals surface area contributed by atoms with E-state index in [1.165, 1.54) is 11.3 Å². The van der Waals surface area contributed by atoms with Gasteiger partial charge in [-0.1, -0.05) is 30.3 Å². The molecule has 6 aromatic rings. The highest BCUT2D eigenvalue weighted by molar-refractivity contribution is 7.17. The number of rotatable bonds is 8. The molecular formula is C30H24N4O4S. The van der Waals surface area contributed by atoms with Gasteiger partial charge in [-0.25, -0.2) is 9.78 Å². The Morgan fingerprint density at radius 2 is 1.85 bits per heavy atom. The second kappa shape index (κ2) is 10.5. The molecule has 0 amide bonds. The van der Waals surface area contributed by atoms with Gasteiger partial charge in [-0.3, -0.25) is 14.3 Å². The molecule has 0 unspecified atom stereocenters. The van der Waals surface area contributed by atoms with Crippen LogP contribution in [0.1, 0.15) is 28.5 Å². The minimum absolute atomic E-state index is 0.0152. The summed E-state index contributed by atoms with van der Waals surface area (Å²) in [6, 6.07) is 19.2. The van der Waals surface area contributed by atoms with E-state index in [2.05, 4.69) is 9.97 Å². The van der Waals surface area contributed by atoms with Crippen molar-refractivity contribution in [2.45, 2.75) is 20.1 Å². The van der Waals surface area contributed by atoms with Gasteiger partial charge >= 0.3 is 5.97 Å². The molecule has 0 atom stereocenters. The van der Waals surface area contributed by atoms with Crippen molar-refractivity contribution in [2.24, 2.45) is 0 Å². The highest BCUT2D eigenvalue weighted by atomic mass is 32.1. The van der Waals surface area contributed by atoms with Gasteiger partial charge in [0.25, 0.3) is 5.56 Å². The second-order valence-electron chi connectivity index (χ2n) is 8.83. The molecule has 39 heavy (non-hydrogen) atoms. The quantitative estimate of drug-likeness (QED) is 0.236. The Labute approximate surface area is 227 Å². The number of carbonyl (C=O) groups excluding carboxylic acids is 1. The lowest BCUT2D eigenvalue weighted by Gasteiger charge is -2.16. The van der Waals surface area contributed by atoms with E-state index >= 15 is 0 Å². The molecule has 0 saturated carbocycles. The molecule has 194 valence electrons. The van der Waals surface area contributed by atoms with Gasteiger partial charge < -0.3 is 13.9 Å². The van der Waals surface area contributed by atoms with Crippen LogP contribution in [0.3, 0.4) is 0 Å². The van der Waals surface area contributed by atoms with Crippen LogP contribution in [0.5, 0.6) is 5.75 Å². The van der Waals surface area contributed by atoms with Crippen LogP contribution in [-0.4, -0.2) is 31.5 Å². The number of imidazole rings is 1. The van der Waals surface area contributed by atoms with E-state index in [-0.39, 0.29) is 31.1 Å². The first-order valence-electron chi connectivity index (χ1n) is 12.5. The van der Waals surface area contributed by atoms with Gasteiger partial charge in [0, 0.05) is 24.2 Å². The smallest absolute Gasteiger partial charge is 0.343 e. The fourth-order valence-electron chi connectivity index (χ4n) is 4.65. The lowest BCUT2D eigenvalue weighted by Crippen LogP contribution is -2.26. The van der Waals surface area contributed by atoms with Crippen LogP contribution < -0.4 is 10.3 Å². The summed E-state index contributed by atoms with van der Waals surface area (Å²) in [6.07, 6.45) is 7.20. The number of aromatic nitrogens is 4. The highest BCUT2D eigenvalue weighted by Gasteiger charge is 2.26. The zero-order valence-corrected chi connectivity index (χ0v) is 21.9. The van der Waals surface area contributed by atoms with Crippen molar-refractivity contribution in [3.05, 3.63) is 118 Å². The zero-order chi connectivity index (χ0) is 26.8. The number of esters is 1. The standard InChI is InChI=1S/C30H24N4O4S/c1-2-37-30(36)25-26(38-19-20-7-4-3-5-8-20)29(35)34(24-12-16-39-27(24)25)18-22-17-32-28-23(9-6-15-33(22)28)21-10-13-31-14-11-21/h3-17H,2,18-19H2,1H3. The van der Waals surface area contributed by atoms with Crippen LogP contribution in [0.25, 0.3) is 27.0 Å². The van der Waals surface area contributed by atoms with Crippen LogP contribution in [0.2, 0.25) is 0 Å². The summed E-state index contributed by atoms with van der Waals surface area (Å²) in [4.78, 5) is 35.8. The molecule has 0 aliphatic rings. The van der Waals surface area contributed by atoms with Crippen molar-refractivity contribution >= 4 is 33.2 Å². The number of hydrogen-bond acceptors (Lipinski definition) is 7. The Morgan fingerprint density at radius 1 is 1.03 bits per heavy atom. The van der Waals surface area contributed by atoms with Crippen molar-refractivity contribution < 1.29 is 14.3 Å². The van der Waals surface area contributed by atoms with E-state index in [4.69, 9.17) is 9.47 Å². The number of pyridine rings is 3. The Hall–Kier alpha value is -4.76. The third-order valence-corrected chi connectivity index (χ3v) is 7.38. The number of thiophene rings is 1. The molecule has 0 radical (unpaired) electrons. The minimum Gasteiger partial charge on any atom is -0.482 e. The first kappa shape index (κ1) is 24.6. The Balaban J connectivity index is 1.47. The van der Waals surface area contributed by atoms with Gasteiger partial charge in [-0.15, -0.1) is 11.3 Å². The number of ether oxygens (including phenoxy) is 2. The van der Waals surface area contributed by atoms with Gasteiger partial charge in [0.1, 0.15) is 17.8 Å². The van der Waals surface area contributed by atoms with Crippen molar-refractivity contribution in [3.8, 4) is 16.9 Å². The second-order valence-corrected chi connectivity index (χ2v) is 9.74. The van der Waals surface area contributed by atoms with Crippen molar-refractivity contribution in [1.29, 1.82) is 0 Å². The molecule has 0 spiro atoms. The summed E-state index contributed by atoms with van der Waals surface area (Å²) < 4.78 is 15.7. The van der Waals surface area contributed by atoms with E-state index in [0.717, 1.165) is 28.0 Å². The molecule has 5 aromatic heterocycles. The first-order valence-corrected chi connectivity index (χ1v) is 13.4. The van der Waals surface area contributed by atoms with Crippen molar-refractivity contribution in [3.63, 3.8) is 0 Å². The largest absolute Gasteiger partial charge is 0.482 e. The normalized spacial score (nSPS) is 11.2. The van der Waals surface area contributed by atoms with Gasteiger partial charge in [0.15, 0.2) is 0 Å². The summed E-state index contributed by atoms with van der Waals surface area (Å²) in [5.41, 5.74) is 4.84. The van der Waals surface area contributed by atoms with Crippen LogP contribution in [0, 0.1) is 0 Å². The summed E-state index contributed by atoms with van der Waals surface area (Å²) in [7, 11) is 0. The monoisotopic (exact) mass is 536 g/mol. The van der Waals surface area contributed by atoms with E-state index in [0.29, 0.717) is 10.2 Å². The molecule has 0 fully saturated rings. The Morgan fingerprint density at radius 3 is 2.64 bits per heavy atom. The SMILES string of the molecule is CCOC(=O)c1c(OCc2ccccc2)c(=O)n(Cc2cnc3c(-c4ccncc4)cccn23)c2ccsc12. The fraction of sp³-hybridized carbons (Fsp3) is 0.133. The van der Waals surface area contributed by atoms with Gasteiger partial charge in [-0.2, -0.15) is 0 Å². The topological polar surface area (TPSA) is 87.7 Å². The average molecular weight is 537 g/mol. The summed E-state index contributed by atoms with van der Waals surface area (Å²) in [6.45, 7) is 2.30. The van der Waals surface area contributed by atoms with E-state index in [1.54, 1.807) is 30.1 Å². The van der Waals surface area contributed by atoms with Gasteiger partial charge in [0.2, 0.25) is 5.75 Å². The minimum atomic E-state index is -0.575. The van der Waals surface area contributed by atoms with Crippen LogP contribution >= 0.6 is 11.3 Å². The third kappa shape index (κ3) is 4.57. The van der Waals surface area contributed by atoms with Crippen LogP contribution in [-0.2, 0) is 17.9 Å². The number of hydrogen-bond donors (Lipinski definition) is 0. The van der Waals surface area contributed by atoms with Crippen LogP contribution in [0.15, 0.2) is 95.6 Å². The van der Waals surface area contributed by atoms with Gasteiger partial charge in [0.05, 0.1) is 35.3 Å². The molecule has 5 heterocycles. The molecule has 6 rings (SSSR count). The maximum Gasteiger partial charge on any atom is 0.343 e. The predicted octanol–water partition coefficient (Wildman–Crippen LogP) is 5.58. The third-order valence-electron chi connectivity index (χ3n) is 6.46. The van der Waals surface area contributed by atoms with E-state index < -0.39 is 11.5 Å². The number of benzene rings is 1. The molecule has 0 N–H and O–H groups in total. The fourth-order valence-corrected chi connectivity index (χ4v) is 5.58. The summed E-state index contributed by atoms with van der Waals surface area (Å²) in [5.74, 6) is -0.590. The summed E-state index contributed by atoms with van der Waals surface area (Å²) in [5, 5.41) is 1.86. The Kier molecular flexibility index (Phi) is 6.64. The molecule has 0 aliphatic carbocycles. The average Bonchev–Trinajstić information content (AvgIpc) is 3.62. The molecule has 9 heteroatoms. The zero-order valence-electron chi connectivity index (χ0n) is 21.1. The molecular weight excluding hydrogens is 512 g/mol. The molecule has 0 saturated heterocycles. The predicted molar refractivity (Wildman–Crippen MR) is 150 cm³/mol. The van der Waals surface area contributed by atoms with E-state index in [1.807, 2.05) is 76.6 Å². The van der Waals surface area contributed by atoms with Gasteiger partial charge in [-0.05, 0) is 53.8 Å². The van der Waals surface area contributed by atoms with Crippen molar-refractivity contribution in [2.75, 3.05) is 6.61 Å².